The van der Waals surface area contributed by atoms with Crippen LogP contribution >= 0.6 is 11.3 Å². The van der Waals surface area contributed by atoms with Gasteiger partial charge < -0.3 is 14.6 Å². The number of anilines is 2. The summed E-state index contributed by atoms with van der Waals surface area (Å²) in [4.78, 5) is 32.8. The number of nitrogens with one attached hydrogen (secondary N) is 1. The summed E-state index contributed by atoms with van der Waals surface area (Å²) in [5.74, 6) is 0.0657. The van der Waals surface area contributed by atoms with E-state index in [1.165, 1.54) is 18.2 Å². The Labute approximate surface area is 190 Å². The van der Waals surface area contributed by atoms with E-state index in [0.717, 1.165) is 16.9 Å². The zero-order valence-corrected chi connectivity index (χ0v) is 18.5. The normalized spacial score (nSPS) is 11.8. The van der Waals surface area contributed by atoms with Crippen molar-refractivity contribution < 1.29 is 27.5 Å². The molecule has 2 aromatic heterocycles. The first-order valence-electron chi connectivity index (χ1n) is 10.1. The van der Waals surface area contributed by atoms with Gasteiger partial charge in [-0.25, -0.2) is 9.97 Å². The molecule has 0 spiro atoms. The highest BCUT2D eigenvalue weighted by atomic mass is 32.1. The Hall–Kier alpha value is -3.47. The van der Waals surface area contributed by atoms with Crippen molar-refractivity contribution in [2.24, 2.45) is 7.05 Å². The lowest BCUT2D eigenvalue weighted by Gasteiger charge is -2.07. The molecule has 0 saturated heterocycles. The Morgan fingerprint density at radius 1 is 1.09 bits per heavy atom. The number of hydrogen-bond donors (Lipinski definition) is 1. The van der Waals surface area contributed by atoms with E-state index in [4.69, 9.17) is 0 Å². The molecule has 2 heterocycles. The number of aryl methyl sites for hydroxylation is 1. The summed E-state index contributed by atoms with van der Waals surface area (Å²) >= 11 is 1.16. The first kappa shape index (κ1) is 22.7. The van der Waals surface area contributed by atoms with Crippen LogP contribution in [0.3, 0.4) is 0 Å². The third-order valence-electron chi connectivity index (χ3n) is 5.04. The minimum atomic E-state index is -4.77. The minimum Gasteiger partial charge on any atom is -0.406 e. The second kappa shape index (κ2) is 8.81. The molecule has 11 heteroatoms. The molecule has 2 aromatic carbocycles. The molecule has 172 valence electrons. The number of thiazole rings is 1. The van der Waals surface area contributed by atoms with Gasteiger partial charge in [0, 0.05) is 37.9 Å². The number of fused-ring (bicyclic) bond motifs is 2. The van der Waals surface area contributed by atoms with Crippen LogP contribution in [-0.2, 0) is 11.8 Å². The number of aromatic nitrogens is 3. The van der Waals surface area contributed by atoms with Crippen LogP contribution < -0.4 is 10.1 Å². The number of rotatable bonds is 8. The van der Waals surface area contributed by atoms with Crippen LogP contribution in [0.4, 0.5) is 24.3 Å². The molecule has 0 radical (unpaired) electrons. The number of imidazole rings is 1. The number of carbonyl (C=O) groups excluding carboxylic acids is 2. The fraction of sp³-hybridized carbons (Fsp3) is 0.273. The number of alkyl halides is 3. The molecule has 0 fully saturated rings. The van der Waals surface area contributed by atoms with Gasteiger partial charge in [-0.05, 0) is 30.3 Å². The van der Waals surface area contributed by atoms with Gasteiger partial charge in [0.15, 0.2) is 10.9 Å². The Morgan fingerprint density at radius 2 is 1.88 bits per heavy atom. The fourth-order valence-corrected chi connectivity index (χ4v) is 4.20. The highest BCUT2D eigenvalue weighted by Crippen LogP contribution is 2.33. The predicted molar refractivity (Wildman–Crippen MR) is 119 cm³/mol. The number of ether oxygens (including phenoxy) is 1. The highest BCUT2D eigenvalue weighted by Gasteiger charge is 2.31. The molecule has 0 amide bonds. The maximum absolute atomic E-state index is 12.5. The largest absolute Gasteiger partial charge is 0.573 e. The fourth-order valence-electron chi connectivity index (χ4n) is 3.31. The van der Waals surface area contributed by atoms with Crippen LogP contribution in [0.5, 0.6) is 5.75 Å². The van der Waals surface area contributed by atoms with Crippen LogP contribution in [0.15, 0.2) is 36.4 Å². The maximum Gasteiger partial charge on any atom is 0.573 e. The molecular formula is C22H19F3N4O3S. The number of Topliss-reactive ketones (excluding diaryl/α,β-unsaturated/α-hetero) is 2. The Morgan fingerprint density at radius 3 is 2.61 bits per heavy atom. The number of halogens is 3. The van der Waals surface area contributed by atoms with Crippen LogP contribution in [-0.4, -0.2) is 32.5 Å². The average molecular weight is 476 g/mol. The number of carbonyl (C=O) groups is 2. The van der Waals surface area contributed by atoms with Crippen LogP contribution in [0, 0.1) is 0 Å². The summed E-state index contributed by atoms with van der Waals surface area (Å²) in [7, 11) is 1.79. The van der Waals surface area contributed by atoms with Crippen molar-refractivity contribution in [2.75, 3.05) is 5.32 Å². The zero-order chi connectivity index (χ0) is 23.8. The summed E-state index contributed by atoms with van der Waals surface area (Å²) < 4.78 is 43.6. The van der Waals surface area contributed by atoms with Gasteiger partial charge in [-0.1, -0.05) is 18.3 Å². The van der Waals surface area contributed by atoms with Crippen molar-refractivity contribution >= 4 is 55.2 Å². The van der Waals surface area contributed by atoms with Gasteiger partial charge in [-0.3, -0.25) is 9.59 Å². The van der Waals surface area contributed by atoms with Crippen molar-refractivity contribution in [3.8, 4) is 5.75 Å². The molecule has 4 rings (SSSR count). The third-order valence-corrected chi connectivity index (χ3v) is 5.97. The van der Waals surface area contributed by atoms with Gasteiger partial charge in [0.2, 0.25) is 5.95 Å². The molecule has 0 aliphatic carbocycles. The summed E-state index contributed by atoms with van der Waals surface area (Å²) in [6, 6.07) is 9.10. The first-order valence-corrected chi connectivity index (χ1v) is 10.9. The number of hydrogen-bond acceptors (Lipinski definition) is 7. The average Bonchev–Trinajstić information content (AvgIpc) is 3.30. The van der Waals surface area contributed by atoms with Gasteiger partial charge in [0.1, 0.15) is 11.5 Å². The SMILES string of the molecule is CCC(=O)CCC(=O)c1ccc2c(c1)nc(Nc1nc3ccc(OC(F)(F)F)cc3s1)n2C. The van der Waals surface area contributed by atoms with Crippen molar-refractivity contribution in [3.63, 3.8) is 0 Å². The highest BCUT2D eigenvalue weighted by molar-refractivity contribution is 7.22. The molecule has 0 atom stereocenters. The van der Waals surface area contributed by atoms with Crippen molar-refractivity contribution in [1.82, 2.24) is 14.5 Å². The Balaban J connectivity index is 1.56. The van der Waals surface area contributed by atoms with Gasteiger partial charge in [-0.15, -0.1) is 13.2 Å². The monoisotopic (exact) mass is 476 g/mol. The van der Waals surface area contributed by atoms with E-state index in [1.807, 2.05) is 0 Å². The molecular weight excluding hydrogens is 457 g/mol. The summed E-state index contributed by atoms with van der Waals surface area (Å²) in [5.41, 5.74) is 2.37. The smallest absolute Gasteiger partial charge is 0.406 e. The summed E-state index contributed by atoms with van der Waals surface area (Å²) in [6.07, 6.45) is -3.99. The van der Waals surface area contributed by atoms with Gasteiger partial charge >= 0.3 is 6.36 Å². The van der Waals surface area contributed by atoms with E-state index < -0.39 is 6.36 Å². The van der Waals surface area contributed by atoms with Gasteiger partial charge in [0.05, 0.1) is 21.3 Å². The lowest BCUT2D eigenvalue weighted by atomic mass is 10.0. The Kier molecular flexibility index (Phi) is 6.07. The second-order valence-electron chi connectivity index (χ2n) is 7.33. The molecule has 0 bridgehead atoms. The molecule has 0 saturated carbocycles. The summed E-state index contributed by atoms with van der Waals surface area (Å²) in [6.45, 7) is 1.77. The van der Waals surface area contributed by atoms with E-state index in [2.05, 4.69) is 20.0 Å². The van der Waals surface area contributed by atoms with Crippen LogP contribution in [0.1, 0.15) is 36.5 Å². The minimum absolute atomic E-state index is 0.0432. The predicted octanol–water partition coefficient (Wildman–Crippen LogP) is 5.77. The van der Waals surface area contributed by atoms with Crippen molar-refractivity contribution in [2.45, 2.75) is 32.5 Å². The van der Waals surface area contributed by atoms with E-state index >= 15 is 0 Å². The lowest BCUT2D eigenvalue weighted by molar-refractivity contribution is -0.274. The van der Waals surface area contributed by atoms with Gasteiger partial charge in [0.25, 0.3) is 0 Å². The molecule has 4 aromatic rings. The standard InChI is InChI=1S/C22H19F3N4O3S/c1-3-13(30)5-9-18(31)12-4-8-17-16(10-12)26-20(29(17)2)28-21-27-15-7-6-14(11-19(15)33-21)32-22(23,24)25/h4,6-8,10-11H,3,5,9H2,1-2H3,(H,26,27,28). The molecule has 0 unspecified atom stereocenters. The van der Waals surface area contributed by atoms with E-state index in [-0.39, 0.29) is 30.2 Å². The second-order valence-corrected chi connectivity index (χ2v) is 8.37. The maximum atomic E-state index is 12.5. The molecule has 0 aliphatic rings. The number of nitrogens with zero attached hydrogens (tertiary/aromatic N) is 3. The molecule has 7 nitrogen and oxygen atoms in total. The van der Waals surface area contributed by atoms with E-state index in [0.29, 0.717) is 38.8 Å². The van der Waals surface area contributed by atoms with E-state index in [1.54, 1.807) is 36.7 Å². The summed E-state index contributed by atoms with van der Waals surface area (Å²) in [5, 5.41) is 3.53. The quantitative estimate of drug-likeness (QED) is 0.325. The van der Waals surface area contributed by atoms with E-state index in [9.17, 15) is 22.8 Å². The Bertz CT molecular complexity index is 1360. The molecule has 0 aliphatic heterocycles. The van der Waals surface area contributed by atoms with Crippen LogP contribution in [0.2, 0.25) is 0 Å². The van der Waals surface area contributed by atoms with Crippen LogP contribution in [0.25, 0.3) is 21.3 Å². The lowest BCUT2D eigenvalue weighted by Crippen LogP contribution is -2.16. The third kappa shape index (κ3) is 5.14. The van der Waals surface area contributed by atoms with Crippen molar-refractivity contribution in [1.29, 1.82) is 0 Å². The number of ketones is 2. The van der Waals surface area contributed by atoms with Gasteiger partial charge in [-0.2, -0.15) is 0 Å². The number of benzene rings is 2. The zero-order valence-electron chi connectivity index (χ0n) is 17.7. The van der Waals surface area contributed by atoms with Crippen molar-refractivity contribution in [3.05, 3.63) is 42.0 Å². The molecule has 1 N–H and O–H groups in total. The topological polar surface area (TPSA) is 86.1 Å². The molecule has 33 heavy (non-hydrogen) atoms. The first-order chi connectivity index (χ1) is 15.6.